The fraction of sp³-hybridized carbons (Fsp3) is 0.364. The molecule has 1 unspecified atom stereocenters. The molecule has 0 aromatic heterocycles. The topological polar surface area (TPSA) is 49.3 Å². The summed E-state index contributed by atoms with van der Waals surface area (Å²) in [5, 5.41) is 12.3. The predicted octanol–water partition coefficient (Wildman–Crippen LogP) is 1.86. The summed E-state index contributed by atoms with van der Waals surface area (Å²) in [7, 11) is 1.63. The van der Waals surface area contributed by atoms with E-state index >= 15 is 0 Å². The molecule has 1 aromatic rings. The molecule has 4 heteroatoms. The molecule has 1 aromatic carbocycles. The van der Waals surface area contributed by atoms with Crippen molar-refractivity contribution in [3.63, 3.8) is 0 Å². The second-order valence-corrected chi connectivity index (χ2v) is 3.87. The molecule has 0 heterocycles. The summed E-state index contributed by atoms with van der Waals surface area (Å²) < 4.78 is 0. The van der Waals surface area contributed by atoms with E-state index in [0.29, 0.717) is 11.4 Å². The summed E-state index contributed by atoms with van der Waals surface area (Å²) in [6, 6.07) is 5.04. The Morgan fingerprint density at radius 3 is 2.73 bits per heavy atom. The maximum Gasteiger partial charge on any atom is 0.321 e. The molecule has 0 spiro atoms. The number of carboxylic acid groups (broad SMARTS) is 1. The zero-order chi connectivity index (χ0) is 11.4. The Kier molecular flexibility index (Phi) is 4.12. The smallest absolute Gasteiger partial charge is 0.321 e. The lowest BCUT2D eigenvalue weighted by atomic mass is 10.0. The van der Waals surface area contributed by atoms with Crippen LogP contribution in [0.25, 0.3) is 0 Å². The molecular formula is C11H14ClNO2. The average Bonchev–Trinajstić information content (AvgIpc) is 2.19. The highest BCUT2D eigenvalue weighted by molar-refractivity contribution is 6.31. The first-order valence-electron chi connectivity index (χ1n) is 4.69. The maximum absolute atomic E-state index is 10.8. The van der Waals surface area contributed by atoms with Crippen molar-refractivity contribution in [2.45, 2.75) is 19.4 Å². The van der Waals surface area contributed by atoms with Crippen LogP contribution in [0.3, 0.4) is 0 Å². The Labute approximate surface area is 94.1 Å². The lowest BCUT2D eigenvalue weighted by Crippen LogP contribution is -2.35. The number of carbonyl (C=O) groups is 1. The van der Waals surface area contributed by atoms with Gasteiger partial charge in [0.2, 0.25) is 0 Å². The van der Waals surface area contributed by atoms with Gasteiger partial charge in [0, 0.05) is 5.02 Å². The number of nitrogens with one attached hydrogen (secondary N) is 1. The van der Waals surface area contributed by atoms with Crippen molar-refractivity contribution in [2.75, 3.05) is 7.05 Å². The van der Waals surface area contributed by atoms with Gasteiger partial charge in [-0.2, -0.15) is 0 Å². The van der Waals surface area contributed by atoms with Crippen LogP contribution in [0.4, 0.5) is 0 Å². The standard InChI is InChI=1S/C11H14ClNO2/c1-7-3-4-8(5-9(7)12)6-10(13-2)11(14)15/h3-5,10,13H,6H2,1-2H3,(H,14,15). The number of carboxylic acids is 1. The molecule has 2 N–H and O–H groups in total. The van der Waals surface area contributed by atoms with Gasteiger partial charge in [-0.15, -0.1) is 0 Å². The molecule has 15 heavy (non-hydrogen) atoms. The van der Waals surface area contributed by atoms with Crippen molar-refractivity contribution in [2.24, 2.45) is 0 Å². The molecule has 0 aliphatic rings. The van der Waals surface area contributed by atoms with Crippen LogP contribution >= 0.6 is 11.6 Å². The number of hydrogen-bond acceptors (Lipinski definition) is 2. The van der Waals surface area contributed by atoms with Crippen LogP contribution in [0.15, 0.2) is 18.2 Å². The Balaban J connectivity index is 2.80. The van der Waals surface area contributed by atoms with Gasteiger partial charge < -0.3 is 10.4 Å². The van der Waals surface area contributed by atoms with E-state index in [4.69, 9.17) is 16.7 Å². The predicted molar refractivity (Wildman–Crippen MR) is 60.4 cm³/mol. The van der Waals surface area contributed by atoms with Gasteiger partial charge in [-0.25, -0.2) is 0 Å². The van der Waals surface area contributed by atoms with Crippen LogP contribution in [0.2, 0.25) is 5.02 Å². The molecule has 1 rings (SSSR count). The fourth-order valence-electron chi connectivity index (χ4n) is 1.31. The molecule has 0 bridgehead atoms. The molecule has 0 saturated carbocycles. The summed E-state index contributed by atoms with van der Waals surface area (Å²) in [4.78, 5) is 10.8. The first-order chi connectivity index (χ1) is 7.04. The SMILES string of the molecule is CNC(Cc1ccc(C)c(Cl)c1)C(=O)O. The summed E-state index contributed by atoms with van der Waals surface area (Å²) in [5.74, 6) is -0.853. The van der Waals surface area contributed by atoms with Gasteiger partial charge >= 0.3 is 5.97 Å². The van der Waals surface area contributed by atoms with Gasteiger partial charge in [0.25, 0.3) is 0 Å². The molecule has 0 radical (unpaired) electrons. The number of hydrogen-bond donors (Lipinski definition) is 2. The number of rotatable bonds is 4. The van der Waals surface area contributed by atoms with Crippen LogP contribution in [0.5, 0.6) is 0 Å². The third-order valence-corrected chi connectivity index (χ3v) is 2.73. The van der Waals surface area contributed by atoms with Gasteiger partial charge in [0.05, 0.1) is 0 Å². The van der Waals surface area contributed by atoms with Crippen molar-refractivity contribution in [3.05, 3.63) is 34.3 Å². The summed E-state index contributed by atoms with van der Waals surface area (Å²) in [6.45, 7) is 1.92. The first kappa shape index (κ1) is 12.0. The van der Waals surface area contributed by atoms with E-state index in [0.717, 1.165) is 11.1 Å². The van der Waals surface area contributed by atoms with Crippen LogP contribution in [-0.2, 0) is 11.2 Å². The lowest BCUT2D eigenvalue weighted by molar-refractivity contribution is -0.139. The van der Waals surface area contributed by atoms with E-state index in [1.807, 2.05) is 25.1 Å². The van der Waals surface area contributed by atoms with E-state index in [9.17, 15) is 4.79 Å². The molecule has 0 saturated heterocycles. The van der Waals surface area contributed by atoms with Crippen molar-refractivity contribution in [1.82, 2.24) is 5.32 Å². The van der Waals surface area contributed by atoms with Crippen LogP contribution in [0.1, 0.15) is 11.1 Å². The van der Waals surface area contributed by atoms with Crippen LogP contribution in [0, 0.1) is 6.92 Å². The number of aryl methyl sites for hydroxylation is 1. The van der Waals surface area contributed by atoms with E-state index in [1.54, 1.807) is 7.05 Å². The van der Waals surface area contributed by atoms with Gasteiger partial charge in [0.15, 0.2) is 0 Å². The minimum atomic E-state index is -0.853. The molecule has 0 aliphatic carbocycles. The van der Waals surface area contributed by atoms with Gasteiger partial charge in [-0.1, -0.05) is 23.7 Å². The maximum atomic E-state index is 10.8. The largest absolute Gasteiger partial charge is 0.480 e. The fourth-order valence-corrected chi connectivity index (χ4v) is 1.52. The summed E-state index contributed by atoms with van der Waals surface area (Å²) in [6.07, 6.45) is 0.436. The summed E-state index contributed by atoms with van der Waals surface area (Å²) in [5.41, 5.74) is 1.92. The highest BCUT2D eigenvalue weighted by Gasteiger charge is 2.15. The van der Waals surface area contributed by atoms with Gasteiger partial charge in [-0.3, -0.25) is 4.79 Å². The first-order valence-corrected chi connectivity index (χ1v) is 5.07. The Morgan fingerprint density at radius 2 is 2.27 bits per heavy atom. The average molecular weight is 228 g/mol. The van der Waals surface area contributed by atoms with Crippen LogP contribution in [-0.4, -0.2) is 24.2 Å². The molecule has 3 nitrogen and oxygen atoms in total. The zero-order valence-corrected chi connectivity index (χ0v) is 9.51. The van der Waals surface area contributed by atoms with Gasteiger partial charge in [0.1, 0.15) is 6.04 Å². The second kappa shape index (κ2) is 5.14. The van der Waals surface area contributed by atoms with Crippen LogP contribution < -0.4 is 5.32 Å². The number of halogens is 1. The Morgan fingerprint density at radius 1 is 1.60 bits per heavy atom. The highest BCUT2D eigenvalue weighted by atomic mass is 35.5. The number of benzene rings is 1. The normalized spacial score (nSPS) is 12.5. The van der Waals surface area contributed by atoms with Gasteiger partial charge in [-0.05, 0) is 37.6 Å². The van der Waals surface area contributed by atoms with E-state index < -0.39 is 12.0 Å². The highest BCUT2D eigenvalue weighted by Crippen LogP contribution is 2.17. The molecule has 1 atom stereocenters. The van der Waals surface area contributed by atoms with E-state index in [-0.39, 0.29) is 0 Å². The minimum absolute atomic E-state index is 0.436. The monoisotopic (exact) mass is 227 g/mol. The third-order valence-electron chi connectivity index (χ3n) is 2.32. The Hall–Kier alpha value is -1.06. The molecule has 82 valence electrons. The molecule has 0 fully saturated rings. The quantitative estimate of drug-likeness (QED) is 0.826. The number of likely N-dealkylation sites (N-methyl/N-ethyl adjacent to an activating group) is 1. The van der Waals surface area contributed by atoms with Crippen molar-refractivity contribution < 1.29 is 9.90 Å². The van der Waals surface area contributed by atoms with E-state index in [2.05, 4.69) is 5.32 Å². The van der Waals surface area contributed by atoms with Crippen molar-refractivity contribution in [3.8, 4) is 0 Å². The second-order valence-electron chi connectivity index (χ2n) is 3.47. The molecule has 0 amide bonds. The van der Waals surface area contributed by atoms with E-state index in [1.165, 1.54) is 0 Å². The van der Waals surface area contributed by atoms with Crippen molar-refractivity contribution in [1.29, 1.82) is 0 Å². The Bertz CT molecular complexity index is 366. The zero-order valence-electron chi connectivity index (χ0n) is 8.75. The van der Waals surface area contributed by atoms with Crippen molar-refractivity contribution >= 4 is 17.6 Å². The molecular weight excluding hydrogens is 214 g/mol. The lowest BCUT2D eigenvalue weighted by Gasteiger charge is -2.11. The minimum Gasteiger partial charge on any atom is -0.480 e. The number of aliphatic carboxylic acids is 1. The summed E-state index contributed by atoms with van der Waals surface area (Å²) >= 11 is 5.95. The third kappa shape index (κ3) is 3.22. The molecule has 0 aliphatic heterocycles.